The molecule has 0 spiro atoms. The highest BCUT2D eigenvalue weighted by Gasteiger charge is 2.28. The molecule has 0 aliphatic carbocycles. The number of hydrogen-bond donors (Lipinski definition) is 4. The summed E-state index contributed by atoms with van der Waals surface area (Å²) in [5, 5.41) is 15.6. The van der Waals surface area contributed by atoms with Crippen molar-refractivity contribution < 1.29 is 18.1 Å². The standard InChI is InChI=1S/C11H12F3N5.C8H8ClN5O/c1-17-5-2-3-9(8(17)4-6-18(13)14)19-11(15)7-10(12)16-19;9-7-3-6(12-5-15)4-11-8(7)14-13-2-1-10/h4,6-9H,5,15H2,1H3;1-5,10H,(H,11,14)(H,12,15)/b6-4+;10-1?,13-2-. The molecule has 0 saturated heterocycles. The second-order valence-electron chi connectivity index (χ2n) is 6.48. The number of nitrogen functional groups attached to an aromatic ring is 1. The van der Waals surface area contributed by atoms with Gasteiger partial charge in [-0.25, -0.2) is 9.67 Å². The minimum absolute atomic E-state index is 0.0999. The molecule has 11 nitrogen and oxygen atoms in total. The van der Waals surface area contributed by atoms with Crippen molar-refractivity contribution in [1.29, 1.82) is 5.41 Å². The van der Waals surface area contributed by atoms with E-state index in [-0.39, 0.29) is 5.82 Å². The molecule has 2 aromatic heterocycles. The van der Waals surface area contributed by atoms with Gasteiger partial charge in [-0.05, 0) is 24.5 Å². The van der Waals surface area contributed by atoms with Crippen molar-refractivity contribution in [3.8, 4) is 11.8 Å². The molecule has 2 unspecified atom stereocenters. The quantitative estimate of drug-likeness (QED) is 0.145. The number of pyridine rings is 1. The molecule has 0 bridgehead atoms. The lowest BCUT2D eigenvalue weighted by Crippen LogP contribution is -2.40. The van der Waals surface area contributed by atoms with Gasteiger partial charge in [-0.1, -0.05) is 32.4 Å². The number of likely N-dealkylation sites (N-methyl/N-ethyl adjacent to an activating group) is 1. The number of nitrogens with two attached hydrogens (primary N) is 1. The lowest BCUT2D eigenvalue weighted by Gasteiger charge is -2.31. The van der Waals surface area contributed by atoms with Crippen LogP contribution in [0, 0.1) is 23.2 Å². The molecule has 1 aliphatic heterocycles. The Morgan fingerprint density at radius 2 is 2.21 bits per heavy atom. The van der Waals surface area contributed by atoms with Gasteiger partial charge in [-0.15, -0.1) is 5.10 Å². The number of amides is 1. The number of carbonyl (C=O) groups is 1. The first kappa shape index (κ1) is 26.2. The molecule has 3 rings (SSSR count). The predicted molar refractivity (Wildman–Crippen MR) is 123 cm³/mol. The van der Waals surface area contributed by atoms with E-state index >= 15 is 0 Å². The molecule has 0 fully saturated rings. The molecule has 2 atom stereocenters. The van der Waals surface area contributed by atoms with Gasteiger partial charge in [0.05, 0.1) is 41.9 Å². The number of aromatic nitrogens is 3. The lowest BCUT2D eigenvalue weighted by atomic mass is 10.0. The van der Waals surface area contributed by atoms with Crippen LogP contribution in [0.5, 0.6) is 0 Å². The van der Waals surface area contributed by atoms with Crippen molar-refractivity contribution in [3.63, 3.8) is 0 Å². The second-order valence-corrected chi connectivity index (χ2v) is 6.89. The van der Waals surface area contributed by atoms with E-state index in [0.717, 1.165) is 12.3 Å². The van der Waals surface area contributed by atoms with Gasteiger partial charge < -0.3 is 16.5 Å². The highest BCUT2D eigenvalue weighted by molar-refractivity contribution is 6.33. The second kappa shape index (κ2) is 12.8. The summed E-state index contributed by atoms with van der Waals surface area (Å²) in [4.78, 5) is 15.8. The van der Waals surface area contributed by atoms with Crippen LogP contribution >= 0.6 is 11.6 Å². The first-order valence-corrected chi connectivity index (χ1v) is 9.76. The van der Waals surface area contributed by atoms with Gasteiger partial charge in [-0.2, -0.15) is 9.49 Å². The summed E-state index contributed by atoms with van der Waals surface area (Å²) < 4.78 is 38.5. The van der Waals surface area contributed by atoms with E-state index in [9.17, 15) is 18.1 Å². The van der Waals surface area contributed by atoms with Gasteiger partial charge in [0.15, 0.2) is 5.82 Å². The number of anilines is 3. The zero-order chi connectivity index (χ0) is 25.1. The Morgan fingerprint density at radius 1 is 1.44 bits per heavy atom. The number of halogens is 4. The Bertz CT molecular complexity index is 1110. The summed E-state index contributed by atoms with van der Waals surface area (Å²) >= 11 is 5.83. The zero-order valence-electron chi connectivity index (χ0n) is 17.7. The van der Waals surface area contributed by atoms with Crippen LogP contribution in [-0.2, 0) is 4.79 Å². The van der Waals surface area contributed by atoms with Crippen molar-refractivity contribution in [2.24, 2.45) is 5.10 Å². The normalized spacial score (nSPS) is 17.4. The van der Waals surface area contributed by atoms with Crippen molar-refractivity contribution in [2.75, 3.05) is 30.1 Å². The van der Waals surface area contributed by atoms with E-state index in [1.807, 2.05) is 0 Å². The topological polar surface area (TPSA) is 141 Å². The third-order valence-electron chi connectivity index (χ3n) is 4.19. The van der Waals surface area contributed by atoms with E-state index < -0.39 is 23.4 Å². The molecule has 34 heavy (non-hydrogen) atoms. The highest BCUT2D eigenvalue weighted by atomic mass is 35.5. The molecule has 5 N–H and O–H groups in total. The van der Waals surface area contributed by atoms with E-state index in [0.29, 0.717) is 35.7 Å². The van der Waals surface area contributed by atoms with Crippen molar-refractivity contribution in [1.82, 2.24) is 25.0 Å². The molecule has 0 radical (unpaired) electrons. The van der Waals surface area contributed by atoms with Gasteiger partial charge >= 0.3 is 0 Å². The van der Waals surface area contributed by atoms with E-state index in [2.05, 4.69) is 37.8 Å². The van der Waals surface area contributed by atoms with Gasteiger partial charge in [0.25, 0.3) is 0 Å². The molecule has 3 heterocycles. The van der Waals surface area contributed by atoms with Crippen LogP contribution in [0.1, 0.15) is 6.04 Å². The third kappa shape index (κ3) is 7.50. The number of carbonyl (C=O) groups excluding carboxylic acids is 1. The molecule has 0 aromatic carbocycles. The predicted octanol–water partition coefficient (Wildman–Crippen LogP) is 2.40. The maximum atomic E-state index is 13.1. The number of rotatable bonds is 8. The number of nitrogens with zero attached hydrogens (tertiary/aromatic N) is 6. The van der Waals surface area contributed by atoms with E-state index in [4.69, 9.17) is 22.7 Å². The van der Waals surface area contributed by atoms with E-state index in [1.54, 1.807) is 11.9 Å². The Hall–Kier alpha value is -4.09. The minimum Gasteiger partial charge on any atom is -0.384 e. The SMILES string of the molecule is CN1CC#CC(n2nc(F)cc2N)C1/C=C/N(F)F.N=C/C=N\Nc1ncc(NC=O)cc1Cl. The largest absolute Gasteiger partial charge is 0.384 e. The molecular weight excluding hydrogens is 477 g/mol. The Balaban J connectivity index is 0.000000248. The fourth-order valence-corrected chi connectivity index (χ4v) is 2.93. The van der Waals surface area contributed by atoms with Crippen molar-refractivity contribution >= 4 is 47.8 Å². The molecule has 0 saturated carbocycles. The summed E-state index contributed by atoms with van der Waals surface area (Å²) in [5.41, 5.74) is 8.67. The van der Waals surface area contributed by atoms with Crippen LogP contribution in [-0.4, -0.2) is 63.5 Å². The fraction of sp³-hybridized carbons (Fsp3) is 0.211. The van der Waals surface area contributed by atoms with Gasteiger partial charge in [-0.3, -0.25) is 15.1 Å². The summed E-state index contributed by atoms with van der Waals surface area (Å²) in [6, 6.07) is 1.51. The first-order chi connectivity index (χ1) is 16.3. The lowest BCUT2D eigenvalue weighted by molar-refractivity contribution is -0.105. The minimum atomic E-state index is -1.06. The number of hydrogen-bond acceptors (Lipinski definition) is 9. The van der Waals surface area contributed by atoms with Crippen LogP contribution in [0.15, 0.2) is 35.7 Å². The van der Waals surface area contributed by atoms with Gasteiger partial charge in [0.1, 0.15) is 11.9 Å². The average molecular weight is 497 g/mol. The summed E-state index contributed by atoms with van der Waals surface area (Å²) in [5.74, 6) is 5.40. The molecular formula is C19H20ClF3N10O. The van der Waals surface area contributed by atoms with Gasteiger partial charge in [0, 0.05) is 12.3 Å². The fourth-order valence-electron chi connectivity index (χ4n) is 2.72. The Morgan fingerprint density at radius 3 is 2.79 bits per heavy atom. The highest BCUT2D eigenvalue weighted by Crippen LogP contribution is 2.23. The maximum Gasteiger partial charge on any atom is 0.234 e. The maximum absolute atomic E-state index is 13.1. The molecule has 180 valence electrons. The molecule has 2 aromatic rings. The molecule has 1 aliphatic rings. The Labute approximate surface area is 197 Å². The van der Waals surface area contributed by atoms with Crippen LogP contribution < -0.4 is 16.5 Å². The summed E-state index contributed by atoms with van der Waals surface area (Å²) in [6.07, 6.45) is 6.13. The molecule has 15 heteroatoms. The zero-order valence-corrected chi connectivity index (χ0v) is 18.4. The first-order valence-electron chi connectivity index (χ1n) is 9.39. The Kier molecular flexibility index (Phi) is 9.87. The van der Waals surface area contributed by atoms with Crippen LogP contribution in [0.2, 0.25) is 5.02 Å². The van der Waals surface area contributed by atoms with Crippen molar-refractivity contribution in [2.45, 2.75) is 12.1 Å². The number of hydrazone groups is 1. The van der Waals surface area contributed by atoms with Gasteiger partial charge in [0.2, 0.25) is 12.4 Å². The summed E-state index contributed by atoms with van der Waals surface area (Å²) in [7, 11) is 1.73. The number of nitrogens with one attached hydrogen (secondary N) is 3. The smallest absolute Gasteiger partial charge is 0.234 e. The van der Waals surface area contributed by atoms with E-state index in [1.165, 1.54) is 29.2 Å². The third-order valence-corrected chi connectivity index (χ3v) is 4.48. The van der Waals surface area contributed by atoms with Crippen LogP contribution in [0.25, 0.3) is 0 Å². The molecule has 1 amide bonds. The van der Waals surface area contributed by atoms with Crippen LogP contribution in [0.3, 0.4) is 0 Å². The van der Waals surface area contributed by atoms with Crippen LogP contribution in [0.4, 0.5) is 30.7 Å². The van der Waals surface area contributed by atoms with Crippen molar-refractivity contribution in [3.05, 3.63) is 41.6 Å². The summed E-state index contributed by atoms with van der Waals surface area (Å²) in [6.45, 7) is 0.424. The monoisotopic (exact) mass is 496 g/mol. The average Bonchev–Trinajstić information content (AvgIpc) is 3.12.